The van der Waals surface area contributed by atoms with E-state index in [-0.39, 0.29) is 6.03 Å². The van der Waals surface area contributed by atoms with Crippen molar-refractivity contribution in [2.45, 2.75) is 40.2 Å². The van der Waals surface area contributed by atoms with Crippen molar-refractivity contribution in [1.82, 2.24) is 19.8 Å². The molecule has 1 saturated heterocycles. The maximum atomic E-state index is 12.3. The predicted octanol–water partition coefficient (Wildman–Crippen LogP) is 3.42. The van der Waals surface area contributed by atoms with Crippen molar-refractivity contribution in [3.8, 4) is 0 Å². The lowest BCUT2D eigenvalue weighted by Gasteiger charge is -2.34. The molecular formula is C19H28N4O. The summed E-state index contributed by atoms with van der Waals surface area (Å²) in [5.74, 6) is 2.22. The van der Waals surface area contributed by atoms with Crippen LogP contribution in [-0.4, -0.2) is 40.1 Å². The summed E-state index contributed by atoms with van der Waals surface area (Å²) < 4.78 is 2.23. The van der Waals surface area contributed by atoms with Crippen molar-refractivity contribution in [2.75, 3.05) is 19.6 Å². The Morgan fingerprint density at radius 3 is 2.71 bits per heavy atom. The summed E-state index contributed by atoms with van der Waals surface area (Å²) >= 11 is 0. The molecular weight excluding hydrogens is 300 g/mol. The number of aryl methyl sites for hydroxylation is 2. The molecule has 2 heterocycles. The van der Waals surface area contributed by atoms with Crippen LogP contribution in [0.2, 0.25) is 0 Å². The van der Waals surface area contributed by atoms with E-state index in [2.05, 4.69) is 34.8 Å². The Kier molecular flexibility index (Phi) is 5.07. The van der Waals surface area contributed by atoms with Gasteiger partial charge in [0.15, 0.2) is 0 Å². The van der Waals surface area contributed by atoms with Gasteiger partial charge in [-0.2, -0.15) is 0 Å². The highest BCUT2D eigenvalue weighted by atomic mass is 16.2. The van der Waals surface area contributed by atoms with E-state index in [1.54, 1.807) is 0 Å². The molecule has 2 amide bonds. The van der Waals surface area contributed by atoms with Crippen LogP contribution in [0, 0.1) is 18.8 Å². The minimum absolute atomic E-state index is 0.0839. The van der Waals surface area contributed by atoms with E-state index < -0.39 is 0 Å². The van der Waals surface area contributed by atoms with E-state index in [1.165, 1.54) is 11.9 Å². The molecule has 0 aliphatic carbocycles. The highest BCUT2D eigenvalue weighted by Crippen LogP contribution is 2.20. The summed E-state index contributed by atoms with van der Waals surface area (Å²) in [7, 11) is 0. The fourth-order valence-electron chi connectivity index (χ4n) is 3.85. The van der Waals surface area contributed by atoms with Crippen LogP contribution in [-0.2, 0) is 6.54 Å². The summed E-state index contributed by atoms with van der Waals surface area (Å²) in [6.45, 7) is 9.81. The molecule has 1 aliphatic heterocycles. The monoisotopic (exact) mass is 328 g/mol. The average molecular weight is 328 g/mol. The molecule has 1 aromatic heterocycles. The second-order valence-electron chi connectivity index (χ2n) is 7.24. The Hall–Kier alpha value is -2.04. The molecule has 0 spiro atoms. The van der Waals surface area contributed by atoms with Crippen molar-refractivity contribution in [2.24, 2.45) is 11.8 Å². The number of likely N-dealkylation sites (tertiary alicyclic amines) is 1. The lowest BCUT2D eigenvalue weighted by atomic mass is 9.92. The van der Waals surface area contributed by atoms with Gasteiger partial charge >= 0.3 is 6.03 Å². The molecule has 3 rings (SSSR count). The van der Waals surface area contributed by atoms with E-state index in [0.717, 1.165) is 37.4 Å². The summed E-state index contributed by atoms with van der Waals surface area (Å²) in [5.41, 5.74) is 2.20. The Labute approximate surface area is 144 Å². The molecule has 2 aromatic rings. The number of aromatic nitrogens is 2. The summed E-state index contributed by atoms with van der Waals surface area (Å²) in [6, 6.07) is 8.28. The molecule has 1 aliphatic rings. The first-order valence-electron chi connectivity index (χ1n) is 8.99. The molecule has 0 bridgehead atoms. The van der Waals surface area contributed by atoms with Crippen LogP contribution >= 0.6 is 0 Å². The smallest absolute Gasteiger partial charge is 0.317 e. The fourth-order valence-corrected chi connectivity index (χ4v) is 3.85. The van der Waals surface area contributed by atoms with Crippen molar-refractivity contribution in [1.29, 1.82) is 0 Å². The van der Waals surface area contributed by atoms with Crippen molar-refractivity contribution in [3.05, 3.63) is 30.1 Å². The van der Waals surface area contributed by atoms with Gasteiger partial charge in [0.05, 0.1) is 11.0 Å². The minimum Gasteiger partial charge on any atom is -0.338 e. The SMILES string of the molecule is Cc1nc2ccccc2n1CCCNC(=O)N1CC(C)CC(C)C1. The first-order valence-corrected chi connectivity index (χ1v) is 8.99. The topological polar surface area (TPSA) is 50.2 Å². The van der Waals surface area contributed by atoms with Crippen LogP contribution in [0.4, 0.5) is 4.79 Å². The number of piperidine rings is 1. The number of carbonyl (C=O) groups is 1. The van der Waals surface area contributed by atoms with E-state index in [9.17, 15) is 4.79 Å². The van der Waals surface area contributed by atoms with Crippen molar-refractivity contribution in [3.63, 3.8) is 0 Å². The Bertz CT molecular complexity index is 698. The standard InChI is InChI=1S/C19H28N4O/c1-14-11-15(2)13-22(12-14)19(24)20-9-6-10-23-16(3)21-17-7-4-5-8-18(17)23/h4-5,7-8,14-15H,6,9-13H2,1-3H3,(H,20,24). The van der Waals surface area contributed by atoms with Gasteiger partial charge in [0.2, 0.25) is 0 Å². The molecule has 0 radical (unpaired) electrons. The van der Waals surface area contributed by atoms with Crippen LogP contribution in [0.1, 0.15) is 32.5 Å². The first kappa shape index (κ1) is 16.8. The number of benzene rings is 1. The molecule has 5 heteroatoms. The maximum absolute atomic E-state index is 12.3. The molecule has 24 heavy (non-hydrogen) atoms. The highest BCUT2D eigenvalue weighted by molar-refractivity contribution is 5.76. The number of imidazole rings is 1. The van der Waals surface area contributed by atoms with Crippen LogP contribution in [0.25, 0.3) is 11.0 Å². The number of hydrogen-bond donors (Lipinski definition) is 1. The predicted molar refractivity (Wildman–Crippen MR) is 97.0 cm³/mol. The maximum Gasteiger partial charge on any atom is 0.317 e. The molecule has 2 unspecified atom stereocenters. The number of amides is 2. The third-order valence-electron chi connectivity index (χ3n) is 4.84. The molecule has 2 atom stereocenters. The zero-order chi connectivity index (χ0) is 17.1. The average Bonchev–Trinajstić information content (AvgIpc) is 2.86. The highest BCUT2D eigenvalue weighted by Gasteiger charge is 2.24. The van der Waals surface area contributed by atoms with Crippen molar-refractivity contribution < 1.29 is 4.79 Å². The fraction of sp³-hybridized carbons (Fsp3) is 0.579. The number of para-hydroxylation sites is 2. The van der Waals surface area contributed by atoms with Gasteiger partial charge in [-0.25, -0.2) is 9.78 Å². The number of urea groups is 1. The molecule has 1 aromatic carbocycles. The zero-order valence-corrected chi connectivity index (χ0v) is 15.0. The zero-order valence-electron chi connectivity index (χ0n) is 15.0. The number of hydrogen-bond acceptors (Lipinski definition) is 2. The first-order chi connectivity index (χ1) is 11.5. The number of nitrogens with one attached hydrogen (secondary N) is 1. The van der Waals surface area contributed by atoms with Gasteiger partial charge in [-0.15, -0.1) is 0 Å². The third-order valence-corrected chi connectivity index (χ3v) is 4.84. The van der Waals surface area contributed by atoms with E-state index >= 15 is 0 Å². The summed E-state index contributed by atoms with van der Waals surface area (Å²) in [4.78, 5) is 18.9. The van der Waals surface area contributed by atoms with E-state index in [4.69, 9.17) is 0 Å². The molecule has 130 valence electrons. The molecule has 5 nitrogen and oxygen atoms in total. The molecule has 1 N–H and O–H groups in total. The molecule has 0 saturated carbocycles. The Morgan fingerprint density at radius 1 is 1.25 bits per heavy atom. The Morgan fingerprint density at radius 2 is 1.96 bits per heavy atom. The van der Waals surface area contributed by atoms with Gasteiger partial charge in [0.1, 0.15) is 5.82 Å². The second-order valence-corrected chi connectivity index (χ2v) is 7.24. The Balaban J connectivity index is 1.50. The summed E-state index contributed by atoms with van der Waals surface area (Å²) in [5, 5.41) is 3.08. The normalized spacial score (nSPS) is 21.2. The van der Waals surface area contributed by atoms with Crippen LogP contribution < -0.4 is 5.32 Å². The largest absolute Gasteiger partial charge is 0.338 e. The lowest BCUT2D eigenvalue weighted by Crippen LogP contribution is -2.47. The number of carbonyl (C=O) groups excluding carboxylic acids is 1. The van der Waals surface area contributed by atoms with Gasteiger partial charge in [-0.3, -0.25) is 0 Å². The van der Waals surface area contributed by atoms with Gasteiger partial charge < -0.3 is 14.8 Å². The quantitative estimate of drug-likeness (QED) is 0.874. The van der Waals surface area contributed by atoms with Gasteiger partial charge in [0, 0.05) is 26.2 Å². The van der Waals surface area contributed by atoms with Crippen LogP contribution in [0.3, 0.4) is 0 Å². The van der Waals surface area contributed by atoms with E-state index in [1.807, 2.05) is 30.0 Å². The number of nitrogens with zero attached hydrogens (tertiary/aromatic N) is 3. The van der Waals surface area contributed by atoms with Gasteiger partial charge in [-0.1, -0.05) is 26.0 Å². The number of fused-ring (bicyclic) bond motifs is 1. The second kappa shape index (κ2) is 7.24. The van der Waals surface area contributed by atoms with Crippen LogP contribution in [0.15, 0.2) is 24.3 Å². The number of rotatable bonds is 4. The van der Waals surface area contributed by atoms with Gasteiger partial charge in [-0.05, 0) is 43.7 Å². The minimum atomic E-state index is 0.0839. The lowest BCUT2D eigenvalue weighted by molar-refractivity contribution is 0.146. The third kappa shape index (κ3) is 3.71. The summed E-state index contributed by atoms with van der Waals surface area (Å²) in [6.07, 6.45) is 2.13. The molecule has 1 fully saturated rings. The van der Waals surface area contributed by atoms with Crippen LogP contribution in [0.5, 0.6) is 0 Å². The van der Waals surface area contributed by atoms with Crippen molar-refractivity contribution >= 4 is 17.1 Å². The van der Waals surface area contributed by atoms with E-state index in [0.29, 0.717) is 18.4 Å². The van der Waals surface area contributed by atoms with Gasteiger partial charge in [0.25, 0.3) is 0 Å².